The maximum atomic E-state index is 9.86. The zero-order valence-electron chi connectivity index (χ0n) is 13.4. The number of phenolic OH excluding ortho intramolecular Hbond substituents is 1. The van der Waals surface area contributed by atoms with E-state index in [4.69, 9.17) is 4.74 Å². The maximum absolute atomic E-state index is 9.86. The lowest BCUT2D eigenvalue weighted by molar-refractivity contribution is 0.304. The van der Waals surface area contributed by atoms with Crippen molar-refractivity contribution in [2.75, 3.05) is 6.61 Å². The highest BCUT2D eigenvalue weighted by atomic mass is 16.5. The molecule has 0 radical (unpaired) electrons. The minimum Gasteiger partial charge on any atom is -0.507 e. The minimum atomic E-state index is 0.309. The molecule has 2 aromatic carbocycles. The van der Waals surface area contributed by atoms with Gasteiger partial charge in [-0.2, -0.15) is 0 Å². The second-order valence-corrected chi connectivity index (χ2v) is 5.66. The first-order valence-electron chi connectivity index (χ1n) is 8.32. The number of hydrogen-bond acceptors (Lipinski definition) is 2. The van der Waals surface area contributed by atoms with Crippen LogP contribution in [0.25, 0.3) is 11.1 Å². The van der Waals surface area contributed by atoms with Crippen LogP contribution in [0.1, 0.15) is 45.4 Å². The third-order valence-corrected chi connectivity index (χ3v) is 3.84. The van der Waals surface area contributed by atoms with E-state index < -0.39 is 0 Å². The van der Waals surface area contributed by atoms with Crippen LogP contribution >= 0.6 is 0 Å². The summed E-state index contributed by atoms with van der Waals surface area (Å²) >= 11 is 0. The average Bonchev–Trinajstić information content (AvgIpc) is 2.55. The molecule has 0 bridgehead atoms. The Bertz CT molecular complexity index is 546. The van der Waals surface area contributed by atoms with Gasteiger partial charge in [0.15, 0.2) is 0 Å². The van der Waals surface area contributed by atoms with Gasteiger partial charge in [-0.1, -0.05) is 69.4 Å². The van der Waals surface area contributed by atoms with Crippen molar-refractivity contribution in [3.8, 4) is 22.6 Å². The van der Waals surface area contributed by atoms with E-state index in [-0.39, 0.29) is 0 Å². The van der Waals surface area contributed by atoms with E-state index in [1.165, 1.54) is 32.1 Å². The van der Waals surface area contributed by atoms with Gasteiger partial charge in [0.1, 0.15) is 11.5 Å². The van der Waals surface area contributed by atoms with Crippen molar-refractivity contribution >= 4 is 0 Å². The molecule has 2 rings (SSSR count). The Morgan fingerprint density at radius 3 is 2.23 bits per heavy atom. The van der Waals surface area contributed by atoms with Crippen LogP contribution in [0.2, 0.25) is 0 Å². The number of rotatable bonds is 9. The van der Waals surface area contributed by atoms with Crippen LogP contribution in [0.3, 0.4) is 0 Å². The van der Waals surface area contributed by atoms with Crippen LogP contribution in [0.4, 0.5) is 0 Å². The summed E-state index contributed by atoms with van der Waals surface area (Å²) in [7, 11) is 0. The van der Waals surface area contributed by atoms with Crippen LogP contribution in [-0.4, -0.2) is 11.7 Å². The molecule has 0 spiro atoms. The van der Waals surface area contributed by atoms with E-state index >= 15 is 0 Å². The summed E-state index contributed by atoms with van der Waals surface area (Å²) in [6, 6.07) is 15.3. The minimum absolute atomic E-state index is 0.309. The number of unbranched alkanes of at least 4 members (excludes halogenated alkanes) is 5. The monoisotopic (exact) mass is 298 g/mol. The third-order valence-electron chi connectivity index (χ3n) is 3.84. The number of para-hydroxylation sites is 1. The predicted molar refractivity (Wildman–Crippen MR) is 92.4 cm³/mol. The van der Waals surface area contributed by atoms with Crippen molar-refractivity contribution in [2.45, 2.75) is 45.4 Å². The Morgan fingerprint density at radius 2 is 1.50 bits per heavy atom. The summed E-state index contributed by atoms with van der Waals surface area (Å²) in [6.07, 6.45) is 7.64. The molecule has 0 aliphatic carbocycles. The highest BCUT2D eigenvalue weighted by molar-refractivity contribution is 5.70. The van der Waals surface area contributed by atoms with Gasteiger partial charge in [-0.25, -0.2) is 0 Å². The number of benzene rings is 2. The topological polar surface area (TPSA) is 29.5 Å². The summed E-state index contributed by atoms with van der Waals surface area (Å²) in [6.45, 7) is 3.02. The van der Waals surface area contributed by atoms with Gasteiger partial charge in [0.2, 0.25) is 0 Å². The summed E-state index contributed by atoms with van der Waals surface area (Å²) in [5.74, 6) is 1.20. The van der Waals surface area contributed by atoms with Crippen molar-refractivity contribution in [3.05, 3.63) is 48.5 Å². The molecule has 0 aromatic heterocycles. The molecule has 0 saturated carbocycles. The largest absolute Gasteiger partial charge is 0.507 e. The van der Waals surface area contributed by atoms with E-state index in [1.54, 1.807) is 6.07 Å². The zero-order valence-corrected chi connectivity index (χ0v) is 13.4. The number of aromatic hydroxyl groups is 1. The summed E-state index contributed by atoms with van der Waals surface area (Å²) in [4.78, 5) is 0. The van der Waals surface area contributed by atoms with Gasteiger partial charge in [0, 0.05) is 5.56 Å². The van der Waals surface area contributed by atoms with Gasteiger partial charge in [-0.05, 0) is 30.2 Å². The molecule has 0 amide bonds. The van der Waals surface area contributed by atoms with Crippen molar-refractivity contribution in [3.63, 3.8) is 0 Å². The Balaban J connectivity index is 1.77. The van der Waals surface area contributed by atoms with Crippen LogP contribution < -0.4 is 4.74 Å². The second kappa shape index (κ2) is 9.14. The number of hydrogen-bond donors (Lipinski definition) is 1. The standard InChI is InChI=1S/C20H26O2/c1-2-3-4-5-6-9-16-22-18-14-12-17(13-15-18)19-10-7-8-11-20(19)21/h7-8,10-15,21H,2-6,9,16H2,1H3. The Labute approximate surface area is 133 Å². The van der Waals surface area contributed by atoms with E-state index in [0.29, 0.717) is 5.75 Å². The van der Waals surface area contributed by atoms with Gasteiger partial charge in [0.25, 0.3) is 0 Å². The van der Waals surface area contributed by atoms with Crippen LogP contribution in [-0.2, 0) is 0 Å². The van der Waals surface area contributed by atoms with Gasteiger partial charge in [-0.3, -0.25) is 0 Å². The molecule has 0 unspecified atom stereocenters. The van der Waals surface area contributed by atoms with E-state index in [1.807, 2.05) is 42.5 Å². The molecule has 0 aliphatic heterocycles. The highest BCUT2D eigenvalue weighted by Gasteiger charge is 2.03. The van der Waals surface area contributed by atoms with Crippen LogP contribution in [0, 0.1) is 0 Å². The molecule has 0 atom stereocenters. The lowest BCUT2D eigenvalue weighted by atomic mass is 10.0. The number of phenols is 1. The molecule has 1 N–H and O–H groups in total. The molecule has 0 heterocycles. The van der Waals surface area contributed by atoms with E-state index in [9.17, 15) is 5.11 Å². The normalized spacial score (nSPS) is 10.6. The average molecular weight is 298 g/mol. The Kier molecular flexibility index (Phi) is 6.82. The Morgan fingerprint density at radius 1 is 0.818 bits per heavy atom. The van der Waals surface area contributed by atoms with E-state index in [0.717, 1.165) is 29.9 Å². The molecule has 0 fully saturated rings. The molecule has 22 heavy (non-hydrogen) atoms. The van der Waals surface area contributed by atoms with Crippen molar-refractivity contribution in [1.82, 2.24) is 0 Å². The SMILES string of the molecule is CCCCCCCCOc1ccc(-c2ccccc2O)cc1. The molecule has 2 heteroatoms. The highest BCUT2D eigenvalue weighted by Crippen LogP contribution is 2.29. The van der Waals surface area contributed by atoms with Crippen molar-refractivity contribution in [1.29, 1.82) is 0 Å². The first kappa shape index (κ1) is 16.4. The van der Waals surface area contributed by atoms with Crippen molar-refractivity contribution in [2.24, 2.45) is 0 Å². The Hall–Kier alpha value is -1.96. The molecule has 118 valence electrons. The fourth-order valence-corrected chi connectivity index (χ4v) is 2.52. The van der Waals surface area contributed by atoms with Gasteiger partial charge >= 0.3 is 0 Å². The summed E-state index contributed by atoms with van der Waals surface area (Å²) in [5.41, 5.74) is 1.86. The fourth-order valence-electron chi connectivity index (χ4n) is 2.52. The molecule has 2 nitrogen and oxygen atoms in total. The van der Waals surface area contributed by atoms with Gasteiger partial charge in [0.05, 0.1) is 6.61 Å². The predicted octanol–water partition coefficient (Wildman–Crippen LogP) is 5.80. The molecule has 0 aliphatic rings. The first-order chi connectivity index (χ1) is 10.8. The zero-order chi connectivity index (χ0) is 15.6. The lowest BCUT2D eigenvalue weighted by Gasteiger charge is -2.08. The van der Waals surface area contributed by atoms with Gasteiger partial charge < -0.3 is 9.84 Å². The fraction of sp³-hybridized carbons (Fsp3) is 0.400. The second-order valence-electron chi connectivity index (χ2n) is 5.66. The third kappa shape index (κ3) is 5.10. The van der Waals surface area contributed by atoms with E-state index in [2.05, 4.69) is 6.92 Å². The first-order valence-corrected chi connectivity index (χ1v) is 8.32. The summed E-state index contributed by atoms with van der Waals surface area (Å²) in [5, 5.41) is 9.86. The maximum Gasteiger partial charge on any atom is 0.123 e. The van der Waals surface area contributed by atoms with Crippen LogP contribution in [0.15, 0.2) is 48.5 Å². The molecule has 0 saturated heterocycles. The quantitative estimate of drug-likeness (QED) is 0.593. The summed E-state index contributed by atoms with van der Waals surface area (Å²) < 4.78 is 5.77. The van der Waals surface area contributed by atoms with Crippen LogP contribution in [0.5, 0.6) is 11.5 Å². The molecule has 2 aromatic rings. The smallest absolute Gasteiger partial charge is 0.123 e. The lowest BCUT2D eigenvalue weighted by Crippen LogP contribution is -1.97. The van der Waals surface area contributed by atoms with Gasteiger partial charge in [-0.15, -0.1) is 0 Å². The number of ether oxygens (including phenoxy) is 1. The molecular weight excluding hydrogens is 272 g/mol. The molecular formula is C20H26O2. The van der Waals surface area contributed by atoms with Crippen molar-refractivity contribution < 1.29 is 9.84 Å².